The number of nitrogens with one attached hydrogen (secondary N) is 1. The van der Waals surface area contributed by atoms with E-state index in [4.69, 9.17) is 0 Å². The van der Waals surface area contributed by atoms with Gasteiger partial charge in [0, 0.05) is 12.6 Å². The first-order valence-electron chi connectivity index (χ1n) is 5.82. The lowest BCUT2D eigenvalue weighted by atomic mass is 10.2. The number of nitrogens with zero attached hydrogens (tertiary/aromatic N) is 1. The topological polar surface area (TPSA) is 15.3 Å². The molecule has 80 valence electrons. The summed E-state index contributed by atoms with van der Waals surface area (Å²) in [7, 11) is 0. The average molecular weight is 186 g/mol. The van der Waals surface area contributed by atoms with Gasteiger partial charge in [0.25, 0.3) is 0 Å². The van der Waals surface area contributed by atoms with Gasteiger partial charge in [-0.25, -0.2) is 0 Å². The van der Waals surface area contributed by atoms with E-state index in [2.05, 4.69) is 24.1 Å². The van der Waals surface area contributed by atoms with E-state index >= 15 is 0 Å². The van der Waals surface area contributed by atoms with Crippen molar-refractivity contribution in [3.05, 3.63) is 0 Å². The van der Waals surface area contributed by atoms with Gasteiger partial charge in [0.05, 0.1) is 0 Å². The van der Waals surface area contributed by atoms with E-state index in [1.165, 1.54) is 39.0 Å². The molecule has 0 amide bonds. The van der Waals surface area contributed by atoms with Gasteiger partial charge < -0.3 is 10.2 Å². The average Bonchev–Trinajstić information content (AvgIpc) is 2.70. The van der Waals surface area contributed by atoms with Crippen molar-refractivity contribution in [1.29, 1.82) is 0 Å². The molecule has 2 nitrogen and oxygen atoms in total. The van der Waals surface area contributed by atoms with Gasteiger partial charge in [-0.1, -0.05) is 27.7 Å². The van der Waals surface area contributed by atoms with Gasteiger partial charge in [0.2, 0.25) is 0 Å². The van der Waals surface area contributed by atoms with Crippen LogP contribution in [0.25, 0.3) is 0 Å². The van der Waals surface area contributed by atoms with Gasteiger partial charge >= 0.3 is 0 Å². The van der Waals surface area contributed by atoms with Crippen LogP contribution in [0.1, 0.15) is 40.5 Å². The van der Waals surface area contributed by atoms with Crippen molar-refractivity contribution in [2.45, 2.75) is 46.6 Å². The molecule has 0 spiro atoms. The fraction of sp³-hybridized carbons (Fsp3) is 1.00. The zero-order valence-electron chi connectivity index (χ0n) is 9.77. The van der Waals surface area contributed by atoms with Crippen molar-refractivity contribution in [3.63, 3.8) is 0 Å². The Kier molecular flexibility index (Phi) is 8.46. The summed E-state index contributed by atoms with van der Waals surface area (Å²) in [4.78, 5) is 2.49. The third kappa shape index (κ3) is 5.27. The maximum atomic E-state index is 3.51. The second-order valence-corrected chi connectivity index (χ2v) is 3.28. The number of hydrogen-bond donors (Lipinski definition) is 1. The Bertz CT molecular complexity index is 94.3. The lowest BCUT2D eigenvalue weighted by molar-refractivity contribution is 0.274. The predicted molar refractivity (Wildman–Crippen MR) is 60.2 cm³/mol. The molecule has 1 unspecified atom stereocenters. The maximum absolute atomic E-state index is 3.51. The normalized spacial score (nSPS) is 21.5. The van der Waals surface area contributed by atoms with Crippen molar-refractivity contribution < 1.29 is 0 Å². The standard InChI is InChI=1S/C9H20N2.C2H6/c1-3-11(4-2)8-9-6-5-7-10-9;1-2/h9-10H,3-8H2,1-2H3;1-2H3. The summed E-state index contributed by atoms with van der Waals surface area (Å²) >= 11 is 0. The lowest BCUT2D eigenvalue weighted by Gasteiger charge is -2.22. The minimum atomic E-state index is 0.773. The fourth-order valence-corrected chi connectivity index (χ4v) is 1.71. The van der Waals surface area contributed by atoms with Crippen molar-refractivity contribution in [1.82, 2.24) is 10.2 Å². The summed E-state index contributed by atoms with van der Waals surface area (Å²) < 4.78 is 0. The summed E-state index contributed by atoms with van der Waals surface area (Å²) in [5.74, 6) is 0. The van der Waals surface area contributed by atoms with Crippen LogP contribution in [-0.4, -0.2) is 37.1 Å². The predicted octanol–water partition coefficient (Wildman–Crippen LogP) is 2.11. The van der Waals surface area contributed by atoms with E-state index in [-0.39, 0.29) is 0 Å². The van der Waals surface area contributed by atoms with E-state index in [9.17, 15) is 0 Å². The van der Waals surface area contributed by atoms with Crippen LogP contribution in [0, 0.1) is 0 Å². The van der Waals surface area contributed by atoms with Crippen molar-refractivity contribution in [2.24, 2.45) is 0 Å². The number of rotatable bonds is 4. The van der Waals surface area contributed by atoms with Crippen LogP contribution >= 0.6 is 0 Å². The molecule has 0 aromatic heterocycles. The Labute approximate surface area is 83.7 Å². The molecule has 13 heavy (non-hydrogen) atoms. The maximum Gasteiger partial charge on any atom is 0.0195 e. The minimum absolute atomic E-state index is 0.773. The third-order valence-corrected chi connectivity index (χ3v) is 2.54. The molecule has 0 radical (unpaired) electrons. The molecule has 0 aromatic rings. The van der Waals surface area contributed by atoms with Gasteiger partial charge in [-0.05, 0) is 32.5 Å². The van der Waals surface area contributed by atoms with Crippen LogP contribution in [0.15, 0.2) is 0 Å². The first-order chi connectivity index (χ1) is 6.36. The smallest absolute Gasteiger partial charge is 0.0195 e. The van der Waals surface area contributed by atoms with Crippen LogP contribution in [0.3, 0.4) is 0 Å². The number of hydrogen-bond acceptors (Lipinski definition) is 2. The van der Waals surface area contributed by atoms with Crippen LogP contribution in [-0.2, 0) is 0 Å². The van der Waals surface area contributed by atoms with Gasteiger partial charge in [0.15, 0.2) is 0 Å². The largest absolute Gasteiger partial charge is 0.313 e. The van der Waals surface area contributed by atoms with E-state index in [0.29, 0.717) is 0 Å². The summed E-state index contributed by atoms with van der Waals surface area (Å²) in [6.07, 6.45) is 2.74. The monoisotopic (exact) mass is 186 g/mol. The second-order valence-electron chi connectivity index (χ2n) is 3.28. The highest BCUT2D eigenvalue weighted by atomic mass is 15.1. The van der Waals surface area contributed by atoms with Gasteiger partial charge in [-0.3, -0.25) is 0 Å². The molecule has 1 N–H and O–H groups in total. The molecule has 1 heterocycles. The minimum Gasteiger partial charge on any atom is -0.313 e. The molecule has 1 atom stereocenters. The van der Waals surface area contributed by atoms with Crippen LogP contribution in [0.4, 0.5) is 0 Å². The Balaban J connectivity index is 0.000000671. The quantitative estimate of drug-likeness (QED) is 0.723. The Hall–Kier alpha value is -0.0800. The highest BCUT2D eigenvalue weighted by molar-refractivity contribution is 4.76. The van der Waals surface area contributed by atoms with Crippen molar-refractivity contribution >= 4 is 0 Å². The van der Waals surface area contributed by atoms with Gasteiger partial charge in [-0.2, -0.15) is 0 Å². The summed E-state index contributed by atoms with van der Waals surface area (Å²) in [5, 5.41) is 3.51. The molecule has 0 saturated carbocycles. The van der Waals surface area contributed by atoms with E-state index in [0.717, 1.165) is 6.04 Å². The first-order valence-corrected chi connectivity index (χ1v) is 5.82. The first kappa shape index (κ1) is 12.9. The highest BCUT2D eigenvalue weighted by Gasteiger charge is 2.15. The molecular formula is C11H26N2. The molecule has 1 saturated heterocycles. The molecular weight excluding hydrogens is 160 g/mol. The SMILES string of the molecule is CC.CCN(CC)CC1CCCN1. The Morgan fingerprint density at radius 2 is 1.85 bits per heavy atom. The molecule has 0 bridgehead atoms. The van der Waals surface area contributed by atoms with E-state index in [1.54, 1.807) is 0 Å². The Morgan fingerprint density at radius 3 is 2.23 bits per heavy atom. The van der Waals surface area contributed by atoms with Crippen LogP contribution in [0.2, 0.25) is 0 Å². The van der Waals surface area contributed by atoms with Crippen LogP contribution in [0.5, 0.6) is 0 Å². The molecule has 0 aliphatic carbocycles. The summed E-state index contributed by atoms with van der Waals surface area (Å²) in [5.41, 5.74) is 0. The molecule has 1 aliphatic rings. The van der Waals surface area contributed by atoms with Gasteiger partial charge in [-0.15, -0.1) is 0 Å². The Morgan fingerprint density at radius 1 is 1.23 bits per heavy atom. The molecule has 2 heteroatoms. The second kappa shape index (κ2) is 8.52. The zero-order chi connectivity index (χ0) is 10.1. The van der Waals surface area contributed by atoms with Crippen LogP contribution < -0.4 is 5.32 Å². The van der Waals surface area contributed by atoms with E-state index < -0.39 is 0 Å². The fourth-order valence-electron chi connectivity index (χ4n) is 1.71. The highest BCUT2D eigenvalue weighted by Crippen LogP contribution is 2.06. The summed E-state index contributed by atoms with van der Waals surface area (Å²) in [6.45, 7) is 13.3. The van der Waals surface area contributed by atoms with Crippen molar-refractivity contribution in [2.75, 3.05) is 26.2 Å². The zero-order valence-corrected chi connectivity index (χ0v) is 9.77. The molecule has 1 fully saturated rings. The third-order valence-electron chi connectivity index (χ3n) is 2.54. The molecule has 1 aliphatic heterocycles. The molecule has 0 aromatic carbocycles. The lowest BCUT2D eigenvalue weighted by Crippen LogP contribution is -2.37. The number of likely N-dealkylation sites (N-methyl/N-ethyl adjacent to an activating group) is 1. The summed E-state index contributed by atoms with van der Waals surface area (Å²) in [6, 6.07) is 0.773. The van der Waals surface area contributed by atoms with Gasteiger partial charge in [0.1, 0.15) is 0 Å². The molecule has 1 rings (SSSR count). The van der Waals surface area contributed by atoms with E-state index in [1.807, 2.05) is 13.8 Å². The van der Waals surface area contributed by atoms with Crippen molar-refractivity contribution in [3.8, 4) is 0 Å².